The molecule has 1 aromatic heterocycles. The fraction of sp³-hybridized carbons (Fsp3) is 0.769. The molecule has 0 aliphatic carbocycles. The summed E-state index contributed by atoms with van der Waals surface area (Å²) in [5.74, 6) is 0. The second kappa shape index (κ2) is 5.38. The van der Waals surface area contributed by atoms with Gasteiger partial charge in [-0.25, -0.2) is 0 Å². The average Bonchev–Trinajstić information content (AvgIpc) is 2.77. The number of ether oxygens (including phenoxy) is 1. The summed E-state index contributed by atoms with van der Waals surface area (Å²) < 4.78 is 5.56. The van der Waals surface area contributed by atoms with Crippen LogP contribution in [0.3, 0.4) is 0 Å². The molecule has 0 aromatic carbocycles. The topological polar surface area (TPSA) is 67.2 Å². The van der Waals surface area contributed by atoms with Gasteiger partial charge in [-0.2, -0.15) is 5.10 Å². The third kappa shape index (κ3) is 3.31. The summed E-state index contributed by atoms with van der Waals surface area (Å²) >= 11 is 0. The van der Waals surface area contributed by atoms with E-state index in [4.69, 9.17) is 10.5 Å². The van der Waals surface area contributed by atoms with Crippen LogP contribution in [0.1, 0.15) is 32.2 Å². The Morgan fingerprint density at radius 3 is 2.94 bits per heavy atom. The largest absolute Gasteiger partial charge is 0.374 e. The van der Waals surface area contributed by atoms with Gasteiger partial charge in [-0.3, -0.25) is 10.00 Å². The normalized spacial score (nSPS) is 22.3. The Balaban J connectivity index is 1.95. The third-order valence-corrected chi connectivity index (χ3v) is 3.28. The lowest BCUT2D eigenvalue weighted by atomic mass is 9.92. The highest BCUT2D eigenvalue weighted by atomic mass is 16.5. The Morgan fingerprint density at radius 1 is 1.56 bits per heavy atom. The minimum absolute atomic E-state index is 0.0968. The fourth-order valence-electron chi connectivity index (χ4n) is 2.13. The van der Waals surface area contributed by atoms with Crippen molar-refractivity contribution in [2.75, 3.05) is 26.2 Å². The van der Waals surface area contributed by atoms with Gasteiger partial charge in [0, 0.05) is 37.3 Å². The summed E-state index contributed by atoms with van der Waals surface area (Å²) in [6, 6.07) is 2.16. The zero-order valence-corrected chi connectivity index (χ0v) is 11.6. The van der Waals surface area contributed by atoms with Crippen LogP contribution in [0.2, 0.25) is 0 Å². The maximum absolute atomic E-state index is 5.65. The van der Waals surface area contributed by atoms with Crippen molar-refractivity contribution < 1.29 is 4.74 Å². The molecule has 2 heterocycles. The minimum atomic E-state index is 0.0968. The van der Waals surface area contributed by atoms with Crippen molar-refractivity contribution in [2.24, 2.45) is 5.73 Å². The lowest BCUT2D eigenvalue weighted by molar-refractivity contribution is -0.0264. The molecule has 5 heteroatoms. The smallest absolute Gasteiger partial charge is 0.0824 e. The van der Waals surface area contributed by atoms with Crippen LogP contribution in [0.15, 0.2) is 6.07 Å². The third-order valence-electron chi connectivity index (χ3n) is 3.28. The summed E-state index contributed by atoms with van der Waals surface area (Å²) in [6.07, 6.45) is 0.170. The van der Waals surface area contributed by atoms with Crippen molar-refractivity contribution >= 4 is 0 Å². The minimum Gasteiger partial charge on any atom is -0.374 e. The Morgan fingerprint density at radius 2 is 2.33 bits per heavy atom. The van der Waals surface area contributed by atoms with Crippen molar-refractivity contribution in [3.05, 3.63) is 17.5 Å². The van der Waals surface area contributed by atoms with Crippen molar-refractivity contribution in [1.82, 2.24) is 15.1 Å². The second-order valence-corrected chi connectivity index (χ2v) is 5.99. The molecule has 0 bridgehead atoms. The molecular formula is C13H24N4O. The lowest BCUT2D eigenvalue weighted by Crippen LogP contribution is -2.45. The number of nitrogens with zero attached hydrogens (tertiary/aromatic N) is 2. The number of H-pyrrole nitrogens is 1. The monoisotopic (exact) mass is 252 g/mol. The predicted molar refractivity (Wildman–Crippen MR) is 71.4 cm³/mol. The van der Waals surface area contributed by atoms with Gasteiger partial charge < -0.3 is 10.5 Å². The number of morpholine rings is 1. The van der Waals surface area contributed by atoms with Crippen LogP contribution < -0.4 is 5.73 Å². The molecule has 1 atom stereocenters. The number of hydrogen-bond donors (Lipinski definition) is 2. The van der Waals surface area contributed by atoms with Crippen LogP contribution in [-0.2, 0) is 16.7 Å². The van der Waals surface area contributed by atoms with Gasteiger partial charge in [0.2, 0.25) is 0 Å². The Kier molecular flexibility index (Phi) is 4.04. The van der Waals surface area contributed by atoms with E-state index in [1.165, 1.54) is 0 Å². The summed E-state index contributed by atoms with van der Waals surface area (Å²) in [4.78, 5) is 2.36. The number of aromatic amines is 1. The fourth-order valence-corrected chi connectivity index (χ4v) is 2.13. The number of rotatable bonds is 3. The molecule has 0 saturated carbocycles. The quantitative estimate of drug-likeness (QED) is 0.837. The van der Waals surface area contributed by atoms with E-state index in [0.29, 0.717) is 6.54 Å². The zero-order chi connectivity index (χ0) is 13.2. The molecule has 102 valence electrons. The highest BCUT2D eigenvalue weighted by Gasteiger charge is 2.21. The van der Waals surface area contributed by atoms with Crippen molar-refractivity contribution in [3.8, 4) is 0 Å². The van der Waals surface area contributed by atoms with Gasteiger partial charge in [-0.1, -0.05) is 20.8 Å². The van der Waals surface area contributed by atoms with E-state index in [9.17, 15) is 0 Å². The predicted octanol–water partition coefficient (Wildman–Crippen LogP) is 0.867. The van der Waals surface area contributed by atoms with Gasteiger partial charge in [0.05, 0.1) is 18.4 Å². The van der Waals surface area contributed by atoms with E-state index < -0.39 is 0 Å². The molecule has 1 fully saturated rings. The van der Waals surface area contributed by atoms with E-state index in [1.54, 1.807) is 0 Å². The Labute approximate surface area is 109 Å². The lowest BCUT2D eigenvalue weighted by Gasteiger charge is -2.31. The highest BCUT2D eigenvalue weighted by Crippen LogP contribution is 2.21. The zero-order valence-electron chi connectivity index (χ0n) is 11.6. The standard InChI is InChI=1S/C13H24N4O/c1-13(2,3)12-6-10(15-16-12)8-17-4-5-18-11(7-14)9-17/h6,11H,4-5,7-9,14H2,1-3H3,(H,15,16)/t11-/m1/s1. The van der Waals surface area contributed by atoms with Crippen LogP contribution in [0, 0.1) is 0 Å². The van der Waals surface area contributed by atoms with Crippen LogP contribution in [0.5, 0.6) is 0 Å². The molecule has 0 spiro atoms. The van der Waals surface area contributed by atoms with Gasteiger partial charge in [0.25, 0.3) is 0 Å². The number of nitrogens with two attached hydrogens (primary N) is 1. The number of nitrogens with one attached hydrogen (secondary N) is 1. The highest BCUT2D eigenvalue weighted by molar-refractivity contribution is 5.16. The van der Waals surface area contributed by atoms with Crippen LogP contribution in [0.25, 0.3) is 0 Å². The molecule has 0 amide bonds. The van der Waals surface area contributed by atoms with Crippen molar-refractivity contribution in [2.45, 2.75) is 38.8 Å². The summed E-state index contributed by atoms with van der Waals surface area (Å²) in [7, 11) is 0. The van der Waals surface area contributed by atoms with E-state index >= 15 is 0 Å². The molecule has 3 N–H and O–H groups in total. The summed E-state index contributed by atoms with van der Waals surface area (Å²) in [6.45, 7) is 10.6. The first-order valence-corrected chi connectivity index (χ1v) is 6.58. The van der Waals surface area contributed by atoms with Crippen molar-refractivity contribution in [1.29, 1.82) is 0 Å². The molecule has 0 unspecified atom stereocenters. The first kappa shape index (κ1) is 13.5. The van der Waals surface area contributed by atoms with Gasteiger partial charge in [0.1, 0.15) is 0 Å². The maximum Gasteiger partial charge on any atom is 0.0824 e. The Hall–Kier alpha value is -0.910. The Bertz CT molecular complexity index is 383. The van der Waals surface area contributed by atoms with Gasteiger partial charge in [-0.15, -0.1) is 0 Å². The first-order chi connectivity index (χ1) is 8.49. The maximum atomic E-state index is 5.65. The van der Waals surface area contributed by atoms with E-state index in [1.807, 2.05) is 0 Å². The van der Waals surface area contributed by atoms with Crippen LogP contribution in [-0.4, -0.2) is 47.4 Å². The molecule has 2 rings (SSSR count). The van der Waals surface area contributed by atoms with Crippen molar-refractivity contribution in [3.63, 3.8) is 0 Å². The molecule has 1 aliphatic rings. The first-order valence-electron chi connectivity index (χ1n) is 6.58. The average molecular weight is 252 g/mol. The molecule has 0 radical (unpaired) electrons. The molecule has 1 aliphatic heterocycles. The number of hydrogen-bond acceptors (Lipinski definition) is 4. The summed E-state index contributed by atoms with van der Waals surface area (Å²) in [5.41, 5.74) is 8.02. The van der Waals surface area contributed by atoms with Crippen LogP contribution in [0.4, 0.5) is 0 Å². The number of aromatic nitrogens is 2. The van der Waals surface area contributed by atoms with Gasteiger partial charge in [0.15, 0.2) is 0 Å². The van der Waals surface area contributed by atoms with Gasteiger partial charge >= 0.3 is 0 Å². The summed E-state index contributed by atoms with van der Waals surface area (Å²) in [5, 5.41) is 7.51. The molecule has 5 nitrogen and oxygen atoms in total. The van der Waals surface area contributed by atoms with E-state index in [-0.39, 0.29) is 11.5 Å². The molecule has 18 heavy (non-hydrogen) atoms. The molecule has 1 aromatic rings. The van der Waals surface area contributed by atoms with E-state index in [2.05, 4.69) is 41.9 Å². The molecular weight excluding hydrogens is 228 g/mol. The second-order valence-electron chi connectivity index (χ2n) is 5.99. The van der Waals surface area contributed by atoms with E-state index in [0.717, 1.165) is 37.6 Å². The SMILES string of the molecule is CC(C)(C)c1cc(CN2CCO[C@H](CN)C2)[nH]n1. The molecule has 1 saturated heterocycles. The van der Waals surface area contributed by atoms with Gasteiger partial charge in [-0.05, 0) is 6.07 Å². The van der Waals surface area contributed by atoms with Crippen LogP contribution >= 0.6 is 0 Å².